The van der Waals surface area contributed by atoms with Crippen molar-refractivity contribution >= 4 is 56.3 Å². The molecule has 0 aliphatic rings. The lowest BCUT2D eigenvalue weighted by molar-refractivity contribution is 1.17. The van der Waals surface area contributed by atoms with E-state index in [9.17, 15) is 5.26 Å². The number of para-hydroxylation sites is 2. The van der Waals surface area contributed by atoms with Gasteiger partial charge in [-0.3, -0.25) is 0 Å². The molecule has 0 saturated carbocycles. The van der Waals surface area contributed by atoms with Gasteiger partial charge in [0, 0.05) is 10.8 Å². The second kappa shape index (κ2) is 12.0. The van der Waals surface area contributed by atoms with Crippen molar-refractivity contribution < 1.29 is 0 Å². The number of benzene rings is 7. The van der Waals surface area contributed by atoms with Crippen LogP contribution >= 0.6 is 0 Å². The number of rotatable bonds is 6. The van der Waals surface area contributed by atoms with Crippen molar-refractivity contribution in [3.8, 4) is 22.9 Å². The Morgan fingerprint density at radius 1 is 0.500 bits per heavy atom. The lowest BCUT2D eigenvalue weighted by Gasteiger charge is -2.34. The van der Waals surface area contributed by atoms with E-state index in [0.29, 0.717) is 16.9 Å². The molecule has 1 heterocycles. The van der Waals surface area contributed by atoms with Crippen molar-refractivity contribution in [2.75, 3.05) is 0 Å². The zero-order valence-electron chi connectivity index (χ0n) is 26.1. The van der Waals surface area contributed by atoms with E-state index in [2.05, 4.69) is 155 Å². The lowest BCUT2D eigenvalue weighted by Crippen LogP contribution is -2.74. The summed E-state index contributed by atoms with van der Waals surface area (Å²) >= 11 is 0. The fourth-order valence-electron chi connectivity index (χ4n) is 7.38. The van der Waals surface area contributed by atoms with Gasteiger partial charge in [-0.05, 0) is 44.0 Å². The Hall–Kier alpha value is -6.46. The molecule has 1 aromatic heterocycles. The van der Waals surface area contributed by atoms with Gasteiger partial charge in [0.1, 0.15) is 6.07 Å². The van der Waals surface area contributed by atoms with Crippen molar-refractivity contribution in [2.45, 2.75) is 0 Å². The number of nitrogens with zero attached hydrogens (tertiary/aromatic N) is 3. The molecule has 0 saturated heterocycles. The average Bonchev–Trinajstić information content (AvgIpc) is 3.50. The Balaban J connectivity index is 1.36. The summed E-state index contributed by atoms with van der Waals surface area (Å²) in [6.45, 7) is 8.10. The normalized spacial score (nSPS) is 11.3. The Morgan fingerprint density at radius 2 is 0.938 bits per heavy atom. The van der Waals surface area contributed by atoms with E-state index >= 15 is 0 Å². The highest BCUT2D eigenvalue weighted by molar-refractivity contribution is 7.19. The van der Waals surface area contributed by atoms with E-state index in [4.69, 9.17) is 6.57 Å². The molecule has 0 aliphatic carbocycles. The van der Waals surface area contributed by atoms with Crippen molar-refractivity contribution in [2.24, 2.45) is 0 Å². The van der Waals surface area contributed by atoms with Crippen LogP contribution in [0, 0.1) is 17.9 Å². The minimum absolute atomic E-state index is 0.446. The number of fused-ring (bicyclic) bond motifs is 3. The molecule has 0 fully saturated rings. The second-order valence-electron chi connectivity index (χ2n) is 11.9. The van der Waals surface area contributed by atoms with Crippen molar-refractivity contribution in [1.29, 1.82) is 5.26 Å². The van der Waals surface area contributed by atoms with Gasteiger partial charge in [0.05, 0.1) is 28.9 Å². The molecule has 8 rings (SSSR count). The number of hydrogen-bond donors (Lipinski definition) is 0. The van der Waals surface area contributed by atoms with Gasteiger partial charge in [-0.2, -0.15) is 5.26 Å². The van der Waals surface area contributed by atoms with Crippen molar-refractivity contribution in [3.05, 3.63) is 193 Å². The zero-order valence-corrected chi connectivity index (χ0v) is 27.1. The van der Waals surface area contributed by atoms with Gasteiger partial charge in [0.15, 0.2) is 8.07 Å². The molecule has 4 heteroatoms. The molecule has 3 nitrogen and oxygen atoms in total. The van der Waals surface area contributed by atoms with E-state index in [1.165, 1.54) is 20.7 Å². The minimum atomic E-state index is -2.68. The van der Waals surface area contributed by atoms with E-state index in [1.54, 1.807) is 0 Å². The number of hydrogen-bond acceptors (Lipinski definition) is 1. The Bertz CT molecular complexity index is 2350. The van der Waals surface area contributed by atoms with Crippen LogP contribution in [-0.2, 0) is 0 Å². The monoisotopic (exact) mass is 627 g/mol. The third kappa shape index (κ3) is 4.48. The standard InChI is InChI=1S/C44H29N3Si/c1-46-41-30-29-37(40(31-45)44(41)47-42-23-13-11-21-38(42)39-22-12-14-24-43(39)47)32-25-27-36(28-26-32)48(33-15-5-2-6-16-33,34-17-7-3-8-18-34)35-19-9-4-10-20-35/h2-30H. The van der Waals surface area contributed by atoms with Crippen LogP contribution in [0.25, 0.3) is 43.5 Å². The highest BCUT2D eigenvalue weighted by Gasteiger charge is 2.41. The van der Waals surface area contributed by atoms with Crippen LogP contribution in [0.2, 0.25) is 0 Å². The van der Waals surface area contributed by atoms with Crippen molar-refractivity contribution in [3.63, 3.8) is 0 Å². The van der Waals surface area contributed by atoms with E-state index < -0.39 is 8.07 Å². The Morgan fingerprint density at radius 3 is 1.40 bits per heavy atom. The maximum Gasteiger partial charge on any atom is 0.211 e. The third-order valence-corrected chi connectivity index (χ3v) is 14.2. The molecule has 0 radical (unpaired) electrons. The maximum atomic E-state index is 10.8. The number of aromatic nitrogens is 1. The molecule has 48 heavy (non-hydrogen) atoms. The summed E-state index contributed by atoms with van der Waals surface area (Å²) in [5.41, 5.74) is 5.23. The molecular formula is C44H29N3Si. The highest BCUT2D eigenvalue weighted by atomic mass is 28.3. The predicted octanol–water partition coefficient (Wildman–Crippen LogP) is 8.25. The van der Waals surface area contributed by atoms with Gasteiger partial charge in [-0.15, -0.1) is 0 Å². The van der Waals surface area contributed by atoms with Gasteiger partial charge in [0.2, 0.25) is 5.69 Å². The van der Waals surface area contributed by atoms with Crippen LogP contribution in [0.15, 0.2) is 176 Å². The van der Waals surface area contributed by atoms with Crippen LogP contribution in [0.3, 0.4) is 0 Å². The highest BCUT2D eigenvalue weighted by Crippen LogP contribution is 2.40. The van der Waals surface area contributed by atoms with Gasteiger partial charge in [0.25, 0.3) is 0 Å². The predicted molar refractivity (Wildman–Crippen MR) is 201 cm³/mol. The van der Waals surface area contributed by atoms with Crippen LogP contribution in [0.1, 0.15) is 5.56 Å². The summed E-state index contributed by atoms with van der Waals surface area (Å²) in [4.78, 5) is 3.91. The molecule has 0 bridgehead atoms. The molecule has 0 unspecified atom stereocenters. The quantitative estimate of drug-likeness (QED) is 0.104. The summed E-state index contributed by atoms with van der Waals surface area (Å²) in [6.07, 6.45) is 0. The number of nitriles is 1. The molecule has 0 atom stereocenters. The van der Waals surface area contributed by atoms with Crippen LogP contribution in [-0.4, -0.2) is 12.6 Å². The van der Waals surface area contributed by atoms with E-state index in [1.807, 2.05) is 36.4 Å². The van der Waals surface area contributed by atoms with E-state index in [0.717, 1.165) is 32.9 Å². The molecule has 0 aliphatic heterocycles. The fraction of sp³-hybridized carbons (Fsp3) is 0. The summed E-state index contributed by atoms with van der Waals surface area (Å²) in [7, 11) is -2.68. The lowest BCUT2D eigenvalue weighted by atomic mass is 9.97. The molecule has 7 aromatic carbocycles. The Labute approximate surface area is 281 Å². The average molecular weight is 628 g/mol. The molecule has 0 amide bonds. The van der Waals surface area contributed by atoms with Gasteiger partial charge < -0.3 is 4.57 Å². The van der Waals surface area contributed by atoms with Gasteiger partial charge in [-0.1, -0.05) is 164 Å². The van der Waals surface area contributed by atoms with Crippen LogP contribution < -0.4 is 20.7 Å². The second-order valence-corrected chi connectivity index (χ2v) is 15.7. The minimum Gasteiger partial charge on any atom is -0.318 e. The summed E-state index contributed by atoms with van der Waals surface area (Å²) in [5.74, 6) is 0. The smallest absolute Gasteiger partial charge is 0.211 e. The molecule has 8 aromatic rings. The summed E-state index contributed by atoms with van der Waals surface area (Å²) < 4.78 is 2.09. The molecule has 0 spiro atoms. The summed E-state index contributed by atoms with van der Waals surface area (Å²) in [6, 6.07) is 64.1. The SMILES string of the molecule is [C-]#[N+]c1ccc(-c2ccc([Si](c3ccccc3)(c3ccccc3)c3ccccc3)cc2)c(C#N)c1-n1c2ccccc2c2ccccc21. The first kappa shape index (κ1) is 29.0. The third-order valence-electron chi connectivity index (χ3n) is 9.44. The van der Waals surface area contributed by atoms with Gasteiger partial charge in [-0.25, -0.2) is 4.85 Å². The topological polar surface area (TPSA) is 33.1 Å². The van der Waals surface area contributed by atoms with Gasteiger partial charge >= 0.3 is 0 Å². The van der Waals surface area contributed by atoms with E-state index in [-0.39, 0.29) is 0 Å². The first-order valence-electron chi connectivity index (χ1n) is 16.0. The van der Waals surface area contributed by atoms with Crippen molar-refractivity contribution in [1.82, 2.24) is 4.57 Å². The van der Waals surface area contributed by atoms with Crippen LogP contribution in [0.5, 0.6) is 0 Å². The first-order valence-corrected chi connectivity index (χ1v) is 18.0. The first-order chi connectivity index (χ1) is 23.8. The fourth-order valence-corrected chi connectivity index (χ4v) is 12.1. The summed E-state index contributed by atoms with van der Waals surface area (Å²) in [5, 5.41) is 18.2. The molecule has 0 N–H and O–H groups in total. The maximum absolute atomic E-state index is 10.8. The zero-order chi connectivity index (χ0) is 32.5. The largest absolute Gasteiger partial charge is 0.318 e. The molecular weight excluding hydrogens is 599 g/mol. The van der Waals surface area contributed by atoms with Crippen LogP contribution in [0.4, 0.5) is 5.69 Å². The Kier molecular flexibility index (Phi) is 7.27. The molecule has 224 valence electrons.